The zero-order valence-corrected chi connectivity index (χ0v) is 10.8. The lowest BCUT2D eigenvalue weighted by atomic mass is 10.1. The smallest absolute Gasteiger partial charge is 0.269 e. The van der Waals surface area contributed by atoms with E-state index in [0.29, 0.717) is 21.7 Å². The Hall–Kier alpha value is -2.74. The highest BCUT2D eigenvalue weighted by Crippen LogP contribution is 2.31. The summed E-state index contributed by atoms with van der Waals surface area (Å²) in [6.45, 7) is 0. The van der Waals surface area contributed by atoms with Crippen molar-refractivity contribution >= 4 is 22.2 Å². The summed E-state index contributed by atoms with van der Waals surface area (Å²) in [5, 5.41) is 19.2. The minimum Gasteiger partial charge on any atom is -0.454 e. The van der Waals surface area contributed by atoms with Gasteiger partial charge in [-0.2, -0.15) is 0 Å². The third-order valence-electron chi connectivity index (χ3n) is 2.62. The van der Waals surface area contributed by atoms with Crippen LogP contribution in [0.3, 0.4) is 0 Å². The molecule has 0 aliphatic carbocycles. The Morgan fingerprint density at radius 2 is 1.80 bits per heavy atom. The number of nitro benzene ring substituents is 1. The average Bonchev–Trinajstić information content (AvgIpc) is 3.07. The van der Waals surface area contributed by atoms with Gasteiger partial charge < -0.3 is 10.2 Å². The second-order valence-electron chi connectivity index (χ2n) is 3.91. The maximum atomic E-state index is 10.6. The van der Waals surface area contributed by atoms with E-state index in [-0.39, 0.29) is 5.69 Å². The summed E-state index contributed by atoms with van der Waals surface area (Å²) >= 11 is 1.23. The van der Waals surface area contributed by atoms with Gasteiger partial charge in [0.15, 0.2) is 10.8 Å². The molecule has 0 saturated heterocycles. The fourth-order valence-electron chi connectivity index (χ4n) is 1.69. The molecule has 0 saturated carbocycles. The Labute approximate surface area is 116 Å². The molecule has 0 aliphatic rings. The SMILES string of the molecule is Nc1nnc(-c2ccc(-c3ccc([N+](=O)[O-])cc3)o2)s1. The first-order chi connectivity index (χ1) is 9.63. The summed E-state index contributed by atoms with van der Waals surface area (Å²) in [4.78, 5) is 10.2. The second kappa shape index (κ2) is 4.74. The van der Waals surface area contributed by atoms with Crippen LogP contribution in [0.5, 0.6) is 0 Å². The van der Waals surface area contributed by atoms with Crippen LogP contribution < -0.4 is 5.73 Å². The van der Waals surface area contributed by atoms with Gasteiger partial charge in [-0.25, -0.2) is 0 Å². The van der Waals surface area contributed by atoms with E-state index in [0.717, 1.165) is 5.56 Å². The summed E-state index contributed by atoms with van der Waals surface area (Å²) in [6, 6.07) is 9.66. The number of benzene rings is 1. The molecule has 0 aliphatic heterocycles. The lowest BCUT2D eigenvalue weighted by Crippen LogP contribution is -1.86. The molecule has 100 valence electrons. The van der Waals surface area contributed by atoms with Gasteiger partial charge in [-0.1, -0.05) is 11.3 Å². The number of aromatic nitrogens is 2. The average molecular weight is 288 g/mol. The molecule has 0 atom stereocenters. The highest BCUT2D eigenvalue weighted by molar-refractivity contribution is 7.18. The molecule has 2 heterocycles. The van der Waals surface area contributed by atoms with E-state index in [1.807, 2.05) is 0 Å². The number of nitrogens with zero attached hydrogens (tertiary/aromatic N) is 3. The van der Waals surface area contributed by atoms with E-state index in [1.54, 1.807) is 24.3 Å². The summed E-state index contributed by atoms with van der Waals surface area (Å²) in [5.74, 6) is 1.16. The van der Waals surface area contributed by atoms with Crippen LogP contribution in [0.15, 0.2) is 40.8 Å². The molecule has 7 nitrogen and oxygen atoms in total. The van der Waals surface area contributed by atoms with Gasteiger partial charge >= 0.3 is 0 Å². The zero-order valence-electron chi connectivity index (χ0n) is 10.0. The number of nitro groups is 1. The standard InChI is InChI=1S/C12H8N4O3S/c13-12-15-14-11(20-12)10-6-5-9(19-10)7-1-3-8(4-2-7)16(17)18/h1-6H,(H2,13,15). The minimum absolute atomic E-state index is 0.0393. The molecule has 1 aromatic carbocycles. The lowest BCUT2D eigenvalue weighted by Gasteiger charge is -1.96. The lowest BCUT2D eigenvalue weighted by molar-refractivity contribution is -0.384. The van der Waals surface area contributed by atoms with Crippen molar-refractivity contribution < 1.29 is 9.34 Å². The van der Waals surface area contributed by atoms with Crippen molar-refractivity contribution in [2.75, 3.05) is 5.73 Å². The topological polar surface area (TPSA) is 108 Å². The number of rotatable bonds is 3. The van der Waals surface area contributed by atoms with Gasteiger partial charge in [-0.05, 0) is 24.3 Å². The summed E-state index contributed by atoms with van der Waals surface area (Å²) in [5.41, 5.74) is 6.31. The maximum absolute atomic E-state index is 10.6. The number of hydrogen-bond donors (Lipinski definition) is 1. The molecule has 0 amide bonds. The zero-order chi connectivity index (χ0) is 14.1. The van der Waals surface area contributed by atoms with Crippen molar-refractivity contribution in [1.29, 1.82) is 0 Å². The third kappa shape index (κ3) is 2.24. The van der Waals surface area contributed by atoms with E-state index in [1.165, 1.54) is 23.5 Å². The molecule has 0 radical (unpaired) electrons. The fourth-order valence-corrected chi connectivity index (χ4v) is 2.26. The Morgan fingerprint density at radius 1 is 1.10 bits per heavy atom. The number of non-ortho nitro benzene ring substituents is 1. The largest absolute Gasteiger partial charge is 0.454 e. The third-order valence-corrected chi connectivity index (χ3v) is 3.39. The van der Waals surface area contributed by atoms with Gasteiger partial charge in [-0.3, -0.25) is 10.1 Å². The second-order valence-corrected chi connectivity index (χ2v) is 4.92. The first-order valence-corrected chi connectivity index (χ1v) is 6.39. The van der Waals surface area contributed by atoms with Crippen molar-refractivity contribution in [2.24, 2.45) is 0 Å². The van der Waals surface area contributed by atoms with Crippen LogP contribution in [0.25, 0.3) is 22.1 Å². The molecule has 3 aromatic rings. The molecular formula is C12H8N4O3S. The van der Waals surface area contributed by atoms with Crippen LogP contribution in [-0.2, 0) is 0 Å². The van der Waals surface area contributed by atoms with Crippen molar-refractivity contribution in [3.8, 4) is 22.1 Å². The van der Waals surface area contributed by atoms with Crippen molar-refractivity contribution in [3.05, 3.63) is 46.5 Å². The van der Waals surface area contributed by atoms with Gasteiger partial charge in [0.2, 0.25) is 5.13 Å². The van der Waals surface area contributed by atoms with E-state index in [2.05, 4.69) is 10.2 Å². The van der Waals surface area contributed by atoms with E-state index in [4.69, 9.17) is 10.2 Å². The Morgan fingerprint density at radius 3 is 2.40 bits per heavy atom. The molecule has 20 heavy (non-hydrogen) atoms. The van der Waals surface area contributed by atoms with Crippen molar-refractivity contribution in [3.63, 3.8) is 0 Å². The van der Waals surface area contributed by atoms with E-state index < -0.39 is 4.92 Å². The number of nitrogen functional groups attached to an aromatic ring is 1. The summed E-state index contributed by atoms with van der Waals surface area (Å²) in [6.07, 6.45) is 0. The first kappa shape index (κ1) is 12.3. The number of hydrogen-bond acceptors (Lipinski definition) is 7. The molecule has 0 unspecified atom stereocenters. The fraction of sp³-hybridized carbons (Fsp3) is 0. The van der Waals surface area contributed by atoms with Crippen LogP contribution >= 0.6 is 11.3 Å². The monoisotopic (exact) mass is 288 g/mol. The molecular weight excluding hydrogens is 280 g/mol. The van der Waals surface area contributed by atoms with Crippen molar-refractivity contribution in [1.82, 2.24) is 10.2 Å². The summed E-state index contributed by atoms with van der Waals surface area (Å²) < 4.78 is 5.65. The van der Waals surface area contributed by atoms with E-state index in [9.17, 15) is 10.1 Å². The van der Waals surface area contributed by atoms with Crippen LogP contribution in [0.1, 0.15) is 0 Å². The summed E-state index contributed by atoms with van der Waals surface area (Å²) in [7, 11) is 0. The molecule has 3 rings (SSSR count). The first-order valence-electron chi connectivity index (χ1n) is 5.57. The molecule has 0 fully saturated rings. The van der Waals surface area contributed by atoms with Crippen LogP contribution in [0, 0.1) is 10.1 Å². The van der Waals surface area contributed by atoms with E-state index >= 15 is 0 Å². The van der Waals surface area contributed by atoms with Gasteiger partial charge in [0.25, 0.3) is 5.69 Å². The highest BCUT2D eigenvalue weighted by Gasteiger charge is 2.12. The number of nitrogens with two attached hydrogens (primary N) is 1. The minimum atomic E-state index is -0.443. The van der Waals surface area contributed by atoms with Gasteiger partial charge in [0.1, 0.15) is 5.76 Å². The molecule has 8 heteroatoms. The molecule has 2 aromatic heterocycles. The predicted octanol–water partition coefficient (Wildman–Crippen LogP) is 2.96. The maximum Gasteiger partial charge on any atom is 0.269 e. The van der Waals surface area contributed by atoms with Gasteiger partial charge in [-0.15, -0.1) is 10.2 Å². The Bertz CT molecular complexity index is 763. The predicted molar refractivity (Wildman–Crippen MR) is 74.1 cm³/mol. The quantitative estimate of drug-likeness (QED) is 0.586. The van der Waals surface area contributed by atoms with Crippen molar-refractivity contribution in [2.45, 2.75) is 0 Å². The van der Waals surface area contributed by atoms with Crippen LogP contribution in [-0.4, -0.2) is 15.1 Å². The Balaban J connectivity index is 1.91. The normalized spacial score (nSPS) is 10.6. The van der Waals surface area contributed by atoms with Gasteiger partial charge in [0, 0.05) is 17.7 Å². The van der Waals surface area contributed by atoms with Gasteiger partial charge in [0.05, 0.1) is 4.92 Å². The molecule has 0 bridgehead atoms. The number of anilines is 1. The Kier molecular flexibility index (Phi) is 2.92. The number of furan rings is 1. The van der Waals surface area contributed by atoms with Crippen LogP contribution in [0.2, 0.25) is 0 Å². The molecule has 0 spiro atoms. The highest BCUT2D eigenvalue weighted by atomic mass is 32.1. The molecule has 2 N–H and O–H groups in total. The van der Waals surface area contributed by atoms with Crippen LogP contribution in [0.4, 0.5) is 10.8 Å².